The van der Waals surface area contributed by atoms with Crippen molar-refractivity contribution in [3.63, 3.8) is 0 Å². The van der Waals surface area contributed by atoms with E-state index in [-0.39, 0.29) is 12.8 Å². The first-order valence-corrected chi connectivity index (χ1v) is 14.4. The zero-order valence-electron chi connectivity index (χ0n) is 20.9. The number of carbonyl (C=O) groups is 4. The first-order valence-electron chi connectivity index (χ1n) is 12.3. The Kier molecular flexibility index (Phi) is 13.7. The fourth-order valence-corrected chi connectivity index (χ4v) is 5.88. The van der Waals surface area contributed by atoms with Gasteiger partial charge in [0.15, 0.2) is 0 Å². The van der Waals surface area contributed by atoms with Crippen LogP contribution in [0.25, 0.3) is 0 Å². The first kappa shape index (κ1) is 31.2. The Morgan fingerprint density at radius 2 is 1.03 bits per heavy atom. The molecule has 0 fully saturated rings. The number of amides is 2. The predicted molar refractivity (Wildman–Crippen MR) is 148 cm³/mol. The lowest BCUT2D eigenvalue weighted by Crippen LogP contribution is -2.41. The number of benzene rings is 2. The molecule has 0 aliphatic rings. The maximum atomic E-state index is 12.9. The second kappa shape index (κ2) is 16.7. The summed E-state index contributed by atoms with van der Waals surface area (Å²) in [7, 11) is 2.48. The van der Waals surface area contributed by atoms with Crippen molar-refractivity contribution in [1.82, 2.24) is 10.6 Å². The Bertz CT molecular complexity index is 1020. The Morgan fingerprint density at radius 3 is 1.37 bits per heavy atom. The van der Waals surface area contributed by atoms with Gasteiger partial charge < -0.3 is 32.3 Å². The number of hydrogen-bond donors (Lipinski definition) is 6. The highest BCUT2D eigenvalue weighted by Crippen LogP contribution is 2.40. The number of hydrogen-bond acceptors (Lipinski definition) is 8. The van der Waals surface area contributed by atoms with Crippen LogP contribution in [0.15, 0.2) is 58.3 Å². The largest absolute Gasteiger partial charge is 0.480 e. The molecule has 2 amide bonds. The van der Waals surface area contributed by atoms with Crippen LogP contribution in [0.1, 0.15) is 59.2 Å². The van der Waals surface area contributed by atoms with Gasteiger partial charge in [-0.2, -0.15) is 0 Å². The van der Waals surface area contributed by atoms with Crippen LogP contribution in [0, 0.1) is 0 Å². The summed E-state index contributed by atoms with van der Waals surface area (Å²) in [5, 5.41) is 24.2. The quantitative estimate of drug-likeness (QED) is 0.124. The molecule has 10 nitrogen and oxygen atoms in total. The van der Waals surface area contributed by atoms with Gasteiger partial charge in [-0.05, 0) is 75.9 Å². The summed E-state index contributed by atoms with van der Waals surface area (Å²) in [6.07, 6.45) is 3.03. The minimum absolute atomic E-state index is 0.272. The number of unbranched alkanes of at least 4 members (excludes halogenated alkanes) is 2. The number of nitrogens with two attached hydrogens (primary N) is 2. The fraction of sp³-hybridized carbons (Fsp3) is 0.385. The van der Waals surface area contributed by atoms with Gasteiger partial charge in [0, 0.05) is 9.79 Å². The van der Waals surface area contributed by atoms with E-state index in [0.717, 1.165) is 0 Å². The molecule has 12 heteroatoms. The van der Waals surface area contributed by atoms with Crippen LogP contribution in [0.3, 0.4) is 0 Å². The summed E-state index contributed by atoms with van der Waals surface area (Å²) in [5.41, 5.74) is 11.6. The van der Waals surface area contributed by atoms with Crippen molar-refractivity contribution in [2.75, 3.05) is 13.1 Å². The zero-order valence-corrected chi connectivity index (χ0v) is 22.6. The van der Waals surface area contributed by atoms with E-state index in [1.165, 1.54) is 21.6 Å². The summed E-state index contributed by atoms with van der Waals surface area (Å²) in [6.45, 7) is 0.892. The van der Waals surface area contributed by atoms with Gasteiger partial charge in [-0.1, -0.05) is 45.9 Å². The second-order valence-corrected chi connectivity index (χ2v) is 10.7. The molecule has 0 radical (unpaired) electrons. The van der Waals surface area contributed by atoms with E-state index in [9.17, 15) is 29.4 Å². The van der Waals surface area contributed by atoms with Gasteiger partial charge in [-0.25, -0.2) is 9.59 Å². The predicted octanol–water partition coefficient (Wildman–Crippen LogP) is 3.11. The zero-order chi connectivity index (χ0) is 27.9. The van der Waals surface area contributed by atoms with Crippen LogP contribution in [-0.4, -0.2) is 59.1 Å². The summed E-state index contributed by atoms with van der Waals surface area (Å²) in [6, 6.07) is 11.5. The summed E-state index contributed by atoms with van der Waals surface area (Å²) in [4.78, 5) is 50.3. The maximum absolute atomic E-state index is 12.9. The van der Waals surface area contributed by atoms with Gasteiger partial charge in [-0.15, -0.1) is 0 Å². The summed E-state index contributed by atoms with van der Waals surface area (Å²) >= 11 is 0. The number of rotatable bonds is 17. The van der Waals surface area contributed by atoms with E-state index in [2.05, 4.69) is 10.6 Å². The van der Waals surface area contributed by atoms with Crippen LogP contribution in [0.2, 0.25) is 0 Å². The lowest BCUT2D eigenvalue weighted by atomic mass is 10.1. The molecule has 38 heavy (non-hydrogen) atoms. The highest BCUT2D eigenvalue weighted by Gasteiger charge is 2.24. The molecule has 206 valence electrons. The third-order valence-electron chi connectivity index (χ3n) is 5.59. The molecule has 8 N–H and O–H groups in total. The molecule has 0 saturated heterocycles. The van der Waals surface area contributed by atoms with E-state index >= 15 is 0 Å². The van der Waals surface area contributed by atoms with E-state index in [4.69, 9.17) is 11.5 Å². The van der Waals surface area contributed by atoms with Crippen LogP contribution >= 0.6 is 21.6 Å². The number of aliphatic carboxylic acids is 2. The third kappa shape index (κ3) is 10.0. The summed E-state index contributed by atoms with van der Waals surface area (Å²) < 4.78 is 0. The molecule has 0 aliphatic heterocycles. The number of carboxylic acids is 2. The average Bonchev–Trinajstić information content (AvgIpc) is 2.91. The third-order valence-corrected chi connectivity index (χ3v) is 8.07. The van der Waals surface area contributed by atoms with Crippen molar-refractivity contribution in [3.8, 4) is 0 Å². The van der Waals surface area contributed by atoms with E-state index < -0.39 is 35.8 Å². The average molecular weight is 563 g/mol. The molecular weight excluding hydrogens is 528 g/mol. The van der Waals surface area contributed by atoms with Crippen molar-refractivity contribution >= 4 is 45.3 Å². The molecule has 0 aliphatic carbocycles. The fourth-order valence-electron chi connectivity index (χ4n) is 3.52. The van der Waals surface area contributed by atoms with Gasteiger partial charge in [0.25, 0.3) is 11.8 Å². The minimum Gasteiger partial charge on any atom is -0.480 e. The van der Waals surface area contributed by atoms with Gasteiger partial charge >= 0.3 is 11.9 Å². The SMILES string of the molecule is NCCCCC(NC(=O)c1ccccc1SSc1ccccc1C(=O)NC(CCCCN)C(=O)O)C(=O)O. The highest BCUT2D eigenvalue weighted by atomic mass is 33.1. The monoisotopic (exact) mass is 562 g/mol. The molecule has 0 bridgehead atoms. The van der Waals surface area contributed by atoms with Gasteiger partial charge in [0.05, 0.1) is 11.1 Å². The first-order chi connectivity index (χ1) is 18.3. The van der Waals surface area contributed by atoms with Gasteiger partial charge in [-0.3, -0.25) is 9.59 Å². The molecule has 2 unspecified atom stereocenters. The molecule has 2 aromatic carbocycles. The van der Waals surface area contributed by atoms with Crippen LogP contribution < -0.4 is 22.1 Å². The lowest BCUT2D eigenvalue weighted by molar-refractivity contribution is -0.140. The number of carboxylic acid groups (broad SMARTS) is 2. The Labute approximate surface area is 229 Å². The van der Waals surface area contributed by atoms with Crippen molar-refractivity contribution in [1.29, 1.82) is 0 Å². The van der Waals surface area contributed by atoms with Crippen LogP contribution in [-0.2, 0) is 9.59 Å². The molecule has 2 aromatic rings. The van der Waals surface area contributed by atoms with E-state index in [1.54, 1.807) is 48.5 Å². The van der Waals surface area contributed by atoms with Gasteiger partial charge in [0.2, 0.25) is 0 Å². The van der Waals surface area contributed by atoms with Crippen molar-refractivity contribution in [2.24, 2.45) is 11.5 Å². The molecular formula is C26H34N4O6S2. The van der Waals surface area contributed by atoms with Crippen LogP contribution in [0.5, 0.6) is 0 Å². The smallest absolute Gasteiger partial charge is 0.326 e. The molecule has 2 rings (SSSR count). The lowest BCUT2D eigenvalue weighted by Gasteiger charge is -2.17. The van der Waals surface area contributed by atoms with Crippen molar-refractivity contribution < 1.29 is 29.4 Å². The topological polar surface area (TPSA) is 185 Å². The van der Waals surface area contributed by atoms with Crippen molar-refractivity contribution in [2.45, 2.75) is 60.4 Å². The van der Waals surface area contributed by atoms with Crippen molar-refractivity contribution in [3.05, 3.63) is 59.7 Å². The highest BCUT2D eigenvalue weighted by molar-refractivity contribution is 8.76. The van der Waals surface area contributed by atoms with E-state index in [1.807, 2.05) is 0 Å². The standard InChI is InChI=1S/C26H34N4O6S2/c27-15-7-5-11-19(25(33)34)29-23(31)17-9-1-3-13-21(17)37-38-22-14-4-2-10-18(22)24(32)30-20(26(35)36)12-6-8-16-28/h1-4,9-10,13-14,19-20H,5-8,11-12,15-16,27-28H2,(H,29,31)(H,30,32)(H,33,34)(H,35,36). The molecule has 0 aromatic heterocycles. The molecule has 0 spiro atoms. The second-order valence-electron chi connectivity index (χ2n) is 8.46. The van der Waals surface area contributed by atoms with Crippen LogP contribution in [0.4, 0.5) is 0 Å². The molecule has 2 atom stereocenters. The van der Waals surface area contributed by atoms with E-state index in [0.29, 0.717) is 59.7 Å². The number of carbonyl (C=O) groups excluding carboxylic acids is 2. The minimum atomic E-state index is -1.11. The summed E-state index contributed by atoms with van der Waals surface area (Å²) in [5.74, 6) is -3.25. The maximum Gasteiger partial charge on any atom is 0.326 e. The Balaban J connectivity index is 2.13. The Hall–Kier alpha value is -3.06. The number of nitrogens with one attached hydrogen (secondary N) is 2. The molecule has 0 heterocycles. The normalized spacial score (nSPS) is 12.4. The van der Waals surface area contributed by atoms with Gasteiger partial charge in [0.1, 0.15) is 12.1 Å². The Morgan fingerprint density at radius 1 is 0.658 bits per heavy atom. The molecule has 0 saturated carbocycles.